The van der Waals surface area contributed by atoms with E-state index in [2.05, 4.69) is 17.0 Å². The van der Waals surface area contributed by atoms with Crippen LogP contribution in [0.2, 0.25) is 0 Å². The molecule has 5 heteroatoms. The molecular weight excluding hydrogens is 282 g/mol. The third-order valence-corrected chi connectivity index (χ3v) is 4.22. The summed E-state index contributed by atoms with van der Waals surface area (Å²) in [6.07, 6.45) is 3.95. The number of carboxylic acid groups (broad SMARTS) is 1. The highest BCUT2D eigenvalue weighted by atomic mass is 16.5. The van der Waals surface area contributed by atoms with Crippen LogP contribution in [0.25, 0.3) is 0 Å². The summed E-state index contributed by atoms with van der Waals surface area (Å²) < 4.78 is 10.8. The Balaban J connectivity index is 1.93. The second kappa shape index (κ2) is 8.03. The summed E-state index contributed by atoms with van der Waals surface area (Å²) in [7, 11) is 3.32. The number of hydrogen-bond acceptors (Lipinski definition) is 4. The van der Waals surface area contributed by atoms with Crippen molar-refractivity contribution in [3.63, 3.8) is 0 Å². The molecule has 0 aliphatic carbocycles. The Morgan fingerprint density at radius 3 is 2.09 bits per heavy atom. The zero-order valence-corrected chi connectivity index (χ0v) is 13.4. The summed E-state index contributed by atoms with van der Waals surface area (Å²) in [5.74, 6) is 0.870. The first-order chi connectivity index (χ1) is 10.6. The van der Waals surface area contributed by atoms with E-state index in [1.165, 1.54) is 11.1 Å². The zero-order valence-electron chi connectivity index (χ0n) is 13.4. The molecule has 2 rings (SSSR count). The van der Waals surface area contributed by atoms with E-state index in [-0.39, 0.29) is 6.42 Å². The number of methoxy groups -OCH3 is 2. The van der Waals surface area contributed by atoms with Crippen molar-refractivity contribution in [1.29, 1.82) is 0 Å². The molecule has 122 valence electrons. The predicted molar refractivity (Wildman–Crippen MR) is 84.9 cm³/mol. The molecule has 5 nitrogen and oxygen atoms in total. The minimum absolute atomic E-state index is 0.266. The third-order valence-electron chi connectivity index (χ3n) is 4.22. The van der Waals surface area contributed by atoms with Crippen molar-refractivity contribution in [3.05, 3.63) is 23.3 Å². The number of carbonyl (C=O) groups is 1. The van der Waals surface area contributed by atoms with E-state index in [0.717, 1.165) is 56.8 Å². The lowest BCUT2D eigenvalue weighted by Gasteiger charge is -2.19. The molecule has 0 fully saturated rings. The van der Waals surface area contributed by atoms with E-state index in [4.69, 9.17) is 14.6 Å². The van der Waals surface area contributed by atoms with Crippen LogP contribution in [0.1, 0.15) is 30.4 Å². The van der Waals surface area contributed by atoms with Crippen LogP contribution in [0.4, 0.5) is 0 Å². The van der Waals surface area contributed by atoms with E-state index in [1.807, 2.05) is 0 Å². The van der Waals surface area contributed by atoms with Gasteiger partial charge in [-0.15, -0.1) is 0 Å². The smallest absolute Gasteiger partial charge is 0.303 e. The van der Waals surface area contributed by atoms with Gasteiger partial charge in [-0.3, -0.25) is 4.79 Å². The number of hydrogen-bond donors (Lipinski definition) is 1. The van der Waals surface area contributed by atoms with Gasteiger partial charge in [0.25, 0.3) is 0 Å². The van der Waals surface area contributed by atoms with E-state index in [1.54, 1.807) is 14.2 Å². The molecule has 0 saturated carbocycles. The van der Waals surface area contributed by atoms with Crippen LogP contribution in [-0.2, 0) is 17.6 Å². The minimum Gasteiger partial charge on any atom is -0.493 e. The Bertz CT molecular complexity index is 481. The highest BCUT2D eigenvalue weighted by molar-refractivity contribution is 5.66. The van der Waals surface area contributed by atoms with E-state index >= 15 is 0 Å². The molecule has 1 aliphatic rings. The Morgan fingerprint density at radius 2 is 1.64 bits per heavy atom. The summed E-state index contributed by atoms with van der Waals surface area (Å²) in [6.45, 7) is 2.99. The predicted octanol–water partition coefficient (Wildman–Crippen LogP) is 2.36. The topological polar surface area (TPSA) is 59.0 Å². The van der Waals surface area contributed by atoms with Crippen molar-refractivity contribution in [2.45, 2.75) is 32.1 Å². The summed E-state index contributed by atoms with van der Waals surface area (Å²) in [6, 6.07) is 4.17. The van der Waals surface area contributed by atoms with Gasteiger partial charge in [0.15, 0.2) is 11.5 Å². The number of aliphatic carboxylic acids is 1. The van der Waals surface area contributed by atoms with Crippen molar-refractivity contribution in [2.75, 3.05) is 33.9 Å². The molecule has 1 aliphatic heterocycles. The van der Waals surface area contributed by atoms with Crippen molar-refractivity contribution < 1.29 is 19.4 Å². The van der Waals surface area contributed by atoms with Gasteiger partial charge in [0.05, 0.1) is 14.2 Å². The number of ether oxygens (including phenoxy) is 2. The van der Waals surface area contributed by atoms with Gasteiger partial charge in [0, 0.05) is 19.5 Å². The van der Waals surface area contributed by atoms with Gasteiger partial charge in [0.2, 0.25) is 0 Å². The molecule has 1 heterocycles. The largest absolute Gasteiger partial charge is 0.493 e. The van der Waals surface area contributed by atoms with Crippen LogP contribution in [0.3, 0.4) is 0 Å². The first-order valence-electron chi connectivity index (χ1n) is 7.82. The average molecular weight is 307 g/mol. The minimum atomic E-state index is -0.706. The first-order valence-corrected chi connectivity index (χ1v) is 7.82. The molecule has 0 radical (unpaired) electrons. The molecule has 0 saturated heterocycles. The van der Waals surface area contributed by atoms with E-state index in [0.29, 0.717) is 0 Å². The Labute approximate surface area is 131 Å². The second-order valence-corrected chi connectivity index (χ2v) is 5.67. The highest BCUT2D eigenvalue weighted by Gasteiger charge is 2.17. The molecule has 0 unspecified atom stereocenters. The quantitative estimate of drug-likeness (QED) is 0.784. The maximum absolute atomic E-state index is 10.5. The van der Waals surface area contributed by atoms with Crippen molar-refractivity contribution in [1.82, 2.24) is 4.90 Å². The third kappa shape index (κ3) is 4.37. The van der Waals surface area contributed by atoms with Gasteiger partial charge in [0.1, 0.15) is 0 Å². The number of carboxylic acids is 1. The normalized spacial score (nSPS) is 15.0. The number of fused-ring (bicyclic) bond motifs is 1. The van der Waals surface area contributed by atoms with Gasteiger partial charge >= 0.3 is 5.97 Å². The standard InChI is InChI=1S/C17H25NO4/c1-21-15-11-13-6-9-18(8-4-3-5-17(19)20)10-7-14(13)12-16(15)22-2/h11-12H,3-10H2,1-2H3,(H,19,20). The maximum atomic E-state index is 10.5. The van der Waals surface area contributed by atoms with Crippen LogP contribution < -0.4 is 9.47 Å². The fourth-order valence-corrected chi connectivity index (χ4v) is 2.93. The number of nitrogens with zero attached hydrogens (tertiary/aromatic N) is 1. The molecule has 22 heavy (non-hydrogen) atoms. The van der Waals surface area contributed by atoms with Gasteiger partial charge in [-0.05, 0) is 55.5 Å². The maximum Gasteiger partial charge on any atom is 0.303 e. The van der Waals surface area contributed by atoms with Crippen LogP contribution in [-0.4, -0.2) is 49.8 Å². The lowest BCUT2D eigenvalue weighted by molar-refractivity contribution is -0.137. The average Bonchev–Trinajstić information content (AvgIpc) is 2.72. The monoisotopic (exact) mass is 307 g/mol. The number of benzene rings is 1. The fourth-order valence-electron chi connectivity index (χ4n) is 2.93. The summed E-state index contributed by atoms with van der Waals surface area (Å²) in [4.78, 5) is 13.0. The number of unbranched alkanes of at least 4 members (excludes halogenated alkanes) is 1. The van der Waals surface area contributed by atoms with Crippen molar-refractivity contribution in [2.24, 2.45) is 0 Å². The Hall–Kier alpha value is -1.75. The van der Waals surface area contributed by atoms with Gasteiger partial charge in [-0.2, -0.15) is 0 Å². The lowest BCUT2D eigenvalue weighted by Crippen LogP contribution is -2.27. The van der Waals surface area contributed by atoms with Gasteiger partial charge in [-0.25, -0.2) is 0 Å². The summed E-state index contributed by atoms with van der Waals surface area (Å²) in [5.41, 5.74) is 2.65. The molecule has 0 atom stereocenters. The van der Waals surface area contributed by atoms with Crippen molar-refractivity contribution in [3.8, 4) is 11.5 Å². The first kappa shape index (κ1) is 16.6. The van der Waals surface area contributed by atoms with Crippen LogP contribution in [0, 0.1) is 0 Å². The van der Waals surface area contributed by atoms with E-state index in [9.17, 15) is 4.79 Å². The molecule has 0 bridgehead atoms. The van der Waals surface area contributed by atoms with Gasteiger partial charge in [-0.1, -0.05) is 0 Å². The molecular formula is C17H25NO4. The molecule has 1 aromatic rings. The molecule has 0 aromatic heterocycles. The number of rotatable bonds is 7. The van der Waals surface area contributed by atoms with Crippen LogP contribution in [0.5, 0.6) is 11.5 Å². The molecule has 0 spiro atoms. The fraction of sp³-hybridized carbons (Fsp3) is 0.588. The van der Waals surface area contributed by atoms with Crippen LogP contribution in [0.15, 0.2) is 12.1 Å². The Morgan fingerprint density at radius 1 is 1.09 bits per heavy atom. The van der Waals surface area contributed by atoms with Crippen molar-refractivity contribution >= 4 is 5.97 Å². The van der Waals surface area contributed by atoms with E-state index < -0.39 is 5.97 Å². The highest BCUT2D eigenvalue weighted by Crippen LogP contribution is 2.32. The van der Waals surface area contributed by atoms with Crippen LogP contribution >= 0.6 is 0 Å². The second-order valence-electron chi connectivity index (χ2n) is 5.67. The van der Waals surface area contributed by atoms with Gasteiger partial charge < -0.3 is 19.5 Å². The molecule has 1 aromatic carbocycles. The molecule has 1 N–H and O–H groups in total. The molecule has 0 amide bonds. The zero-order chi connectivity index (χ0) is 15.9. The Kier molecular flexibility index (Phi) is 6.07. The summed E-state index contributed by atoms with van der Waals surface area (Å²) in [5, 5.41) is 8.68. The SMILES string of the molecule is COc1cc2c(cc1OC)CCN(CCCCC(=O)O)CC2. The lowest BCUT2D eigenvalue weighted by atomic mass is 10.0. The summed E-state index contributed by atoms with van der Waals surface area (Å²) >= 11 is 0.